The van der Waals surface area contributed by atoms with E-state index in [-0.39, 0.29) is 5.54 Å². The van der Waals surface area contributed by atoms with Crippen molar-refractivity contribution in [2.75, 3.05) is 20.3 Å². The number of carboxylic acids is 1. The Morgan fingerprint density at radius 2 is 1.77 bits per heavy atom. The minimum absolute atomic E-state index is 0.0349. The monoisotopic (exact) mass is 475 g/mol. The van der Waals surface area contributed by atoms with Gasteiger partial charge in [0.15, 0.2) is 0 Å². The minimum Gasteiger partial charge on any atom is -0.496 e. The molecule has 3 aromatic carbocycles. The van der Waals surface area contributed by atoms with E-state index in [1.807, 2.05) is 31.2 Å². The molecule has 0 aliphatic heterocycles. The first-order chi connectivity index (χ1) is 16.7. The van der Waals surface area contributed by atoms with Gasteiger partial charge in [-0.1, -0.05) is 48.5 Å². The Labute approximate surface area is 209 Å². The molecule has 0 radical (unpaired) electrons. The highest BCUT2D eigenvalue weighted by molar-refractivity contribution is 5.90. The number of methoxy groups -OCH3 is 1. The first-order valence-corrected chi connectivity index (χ1v) is 12.1. The van der Waals surface area contributed by atoms with E-state index in [2.05, 4.69) is 56.4 Å². The quantitative estimate of drug-likeness (QED) is 0.306. The summed E-state index contributed by atoms with van der Waals surface area (Å²) in [4.78, 5) is 11.3. The number of aromatic carboxylic acids is 1. The lowest BCUT2D eigenvalue weighted by atomic mass is 9.94. The number of carbonyl (C=O) groups is 1. The summed E-state index contributed by atoms with van der Waals surface area (Å²) in [6, 6.07) is 20.0. The predicted octanol–water partition coefficient (Wildman–Crippen LogP) is 6.19. The molecular weight excluding hydrogens is 438 g/mol. The highest BCUT2D eigenvalue weighted by atomic mass is 16.5. The molecule has 5 nitrogen and oxygen atoms in total. The maximum Gasteiger partial charge on any atom is 0.335 e. The van der Waals surface area contributed by atoms with Crippen molar-refractivity contribution >= 4 is 5.97 Å². The Bertz CT molecular complexity index is 1150. The van der Waals surface area contributed by atoms with Gasteiger partial charge in [0, 0.05) is 12.1 Å². The summed E-state index contributed by atoms with van der Waals surface area (Å²) in [5.74, 6) is 0.0287. The SMILES string of the molecule is COc1cc(CC(C)(C)NCCCOCc2ccccc2-c2ccc(C(=O)O)c(C)c2)ccc1C. The number of nitrogens with one attached hydrogen (secondary N) is 1. The van der Waals surface area contributed by atoms with Crippen LogP contribution in [0.1, 0.15) is 52.9 Å². The van der Waals surface area contributed by atoms with Gasteiger partial charge in [-0.15, -0.1) is 0 Å². The van der Waals surface area contributed by atoms with Crippen LogP contribution in [-0.2, 0) is 17.8 Å². The fourth-order valence-corrected chi connectivity index (χ4v) is 4.33. The van der Waals surface area contributed by atoms with E-state index in [1.165, 1.54) is 5.56 Å². The van der Waals surface area contributed by atoms with Crippen LogP contribution < -0.4 is 10.1 Å². The van der Waals surface area contributed by atoms with Gasteiger partial charge in [0.05, 0.1) is 19.3 Å². The second-order valence-electron chi connectivity index (χ2n) is 9.69. The van der Waals surface area contributed by atoms with Crippen LogP contribution in [0.5, 0.6) is 5.75 Å². The summed E-state index contributed by atoms with van der Waals surface area (Å²) in [5.41, 5.74) is 6.62. The highest BCUT2D eigenvalue weighted by Gasteiger charge is 2.18. The predicted molar refractivity (Wildman–Crippen MR) is 141 cm³/mol. The van der Waals surface area contributed by atoms with Crippen molar-refractivity contribution in [1.82, 2.24) is 5.32 Å². The zero-order valence-electron chi connectivity index (χ0n) is 21.5. The van der Waals surface area contributed by atoms with Crippen LogP contribution in [0.25, 0.3) is 11.1 Å². The number of hydrogen-bond acceptors (Lipinski definition) is 4. The molecule has 0 aliphatic carbocycles. The molecule has 0 aliphatic rings. The van der Waals surface area contributed by atoms with E-state index in [4.69, 9.17) is 9.47 Å². The average Bonchev–Trinajstić information content (AvgIpc) is 2.82. The molecule has 0 amide bonds. The number of rotatable bonds is 12. The lowest BCUT2D eigenvalue weighted by Gasteiger charge is -2.27. The summed E-state index contributed by atoms with van der Waals surface area (Å²) in [7, 11) is 1.71. The van der Waals surface area contributed by atoms with Gasteiger partial charge < -0.3 is 19.9 Å². The molecule has 2 N–H and O–H groups in total. The van der Waals surface area contributed by atoms with Gasteiger partial charge >= 0.3 is 5.97 Å². The molecule has 0 saturated heterocycles. The molecule has 3 rings (SSSR count). The zero-order valence-corrected chi connectivity index (χ0v) is 21.5. The molecule has 0 unspecified atom stereocenters. The van der Waals surface area contributed by atoms with Gasteiger partial charge in [-0.3, -0.25) is 0 Å². The Kier molecular flexibility index (Phi) is 9.07. The lowest BCUT2D eigenvalue weighted by Crippen LogP contribution is -2.42. The molecule has 0 fully saturated rings. The molecule has 5 heteroatoms. The smallest absolute Gasteiger partial charge is 0.335 e. The third-order valence-electron chi connectivity index (χ3n) is 6.23. The van der Waals surface area contributed by atoms with Crippen LogP contribution in [0.15, 0.2) is 60.7 Å². The fourth-order valence-electron chi connectivity index (χ4n) is 4.33. The lowest BCUT2D eigenvalue weighted by molar-refractivity contribution is 0.0696. The van der Waals surface area contributed by atoms with Crippen LogP contribution >= 0.6 is 0 Å². The van der Waals surface area contributed by atoms with Crippen molar-refractivity contribution in [3.05, 3.63) is 88.5 Å². The molecular formula is C30H37NO4. The van der Waals surface area contributed by atoms with E-state index in [0.717, 1.165) is 53.0 Å². The highest BCUT2D eigenvalue weighted by Crippen LogP contribution is 2.27. The maximum atomic E-state index is 11.3. The topological polar surface area (TPSA) is 67.8 Å². The van der Waals surface area contributed by atoms with E-state index < -0.39 is 5.97 Å². The van der Waals surface area contributed by atoms with E-state index >= 15 is 0 Å². The van der Waals surface area contributed by atoms with E-state index in [1.54, 1.807) is 13.2 Å². The summed E-state index contributed by atoms with van der Waals surface area (Å²) in [6.07, 6.45) is 1.83. The van der Waals surface area contributed by atoms with Gasteiger partial charge in [-0.25, -0.2) is 4.79 Å². The van der Waals surface area contributed by atoms with Gasteiger partial charge in [0.25, 0.3) is 0 Å². The van der Waals surface area contributed by atoms with Crippen molar-refractivity contribution in [2.24, 2.45) is 0 Å². The van der Waals surface area contributed by atoms with E-state index in [0.29, 0.717) is 18.8 Å². The summed E-state index contributed by atoms with van der Waals surface area (Å²) in [5, 5.41) is 12.9. The van der Waals surface area contributed by atoms with Crippen LogP contribution in [0, 0.1) is 13.8 Å². The number of ether oxygens (including phenoxy) is 2. The van der Waals surface area contributed by atoms with Crippen LogP contribution in [0.2, 0.25) is 0 Å². The zero-order chi connectivity index (χ0) is 25.4. The molecule has 0 spiro atoms. The van der Waals surface area contributed by atoms with Crippen LogP contribution in [-0.4, -0.2) is 36.9 Å². The van der Waals surface area contributed by atoms with Gasteiger partial charge in [-0.2, -0.15) is 0 Å². The molecule has 3 aromatic rings. The first kappa shape index (κ1) is 26.5. The van der Waals surface area contributed by atoms with Gasteiger partial charge in [0.2, 0.25) is 0 Å². The number of carboxylic acid groups (broad SMARTS) is 1. The Morgan fingerprint density at radius 1 is 1.00 bits per heavy atom. The normalized spacial score (nSPS) is 11.5. The molecule has 0 atom stereocenters. The van der Waals surface area contributed by atoms with Crippen molar-refractivity contribution in [1.29, 1.82) is 0 Å². The number of aryl methyl sites for hydroxylation is 2. The maximum absolute atomic E-state index is 11.3. The standard InChI is InChI=1S/C30H37NO4/c1-21-11-12-23(18-28(21)34-5)19-30(3,4)31-15-8-16-35-20-25-9-6-7-10-27(25)24-13-14-26(29(32)33)22(2)17-24/h6-7,9-14,17-18,31H,8,15-16,19-20H2,1-5H3,(H,32,33). The molecule has 35 heavy (non-hydrogen) atoms. The van der Waals surface area contributed by atoms with Crippen molar-refractivity contribution < 1.29 is 19.4 Å². The molecule has 0 aromatic heterocycles. The average molecular weight is 476 g/mol. The first-order valence-electron chi connectivity index (χ1n) is 12.1. The largest absolute Gasteiger partial charge is 0.496 e. The third-order valence-corrected chi connectivity index (χ3v) is 6.23. The molecule has 186 valence electrons. The van der Waals surface area contributed by atoms with Gasteiger partial charge in [-0.05, 0) is 92.6 Å². The molecule has 0 heterocycles. The number of benzene rings is 3. The Morgan fingerprint density at radius 3 is 2.49 bits per heavy atom. The van der Waals surface area contributed by atoms with Crippen molar-refractivity contribution in [2.45, 2.75) is 52.7 Å². The number of hydrogen-bond donors (Lipinski definition) is 2. The fraction of sp³-hybridized carbons (Fsp3) is 0.367. The summed E-state index contributed by atoms with van der Waals surface area (Å²) >= 11 is 0. The molecule has 0 saturated carbocycles. The Balaban J connectivity index is 1.49. The van der Waals surface area contributed by atoms with Crippen molar-refractivity contribution in [3.8, 4) is 16.9 Å². The Hall–Kier alpha value is -3.15. The van der Waals surface area contributed by atoms with Gasteiger partial charge in [0.1, 0.15) is 5.75 Å². The summed E-state index contributed by atoms with van der Waals surface area (Å²) < 4.78 is 11.5. The summed E-state index contributed by atoms with van der Waals surface area (Å²) in [6.45, 7) is 10.4. The van der Waals surface area contributed by atoms with Crippen molar-refractivity contribution in [3.63, 3.8) is 0 Å². The van der Waals surface area contributed by atoms with Crippen LogP contribution in [0.3, 0.4) is 0 Å². The molecule has 0 bridgehead atoms. The minimum atomic E-state index is -0.902. The van der Waals surface area contributed by atoms with Crippen LogP contribution in [0.4, 0.5) is 0 Å². The van der Waals surface area contributed by atoms with E-state index in [9.17, 15) is 9.90 Å². The second-order valence-corrected chi connectivity index (χ2v) is 9.69. The third kappa shape index (κ3) is 7.41. The second kappa shape index (κ2) is 12.0.